The lowest BCUT2D eigenvalue weighted by atomic mass is 9.98. The molecule has 0 spiro atoms. The molecule has 1 aliphatic heterocycles. The Morgan fingerprint density at radius 3 is 2.90 bits per heavy atom. The minimum atomic E-state index is -1.58. The quantitative estimate of drug-likeness (QED) is 0.805. The molecule has 1 saturated heterocycles. The first-order chi connectivity index (χ1) is 9.50. The van der Waals surface area contributed by atoms with Crippen molar-refractivity contribution in [2.24, 2.45) is 0 Å². The lowest BCUT2D eigenvalue weighted by Crippen LogP contribution is -2.35. The van der Waals surface area contributed by atoms with Gasteiger partial charge in [-0.25, -0.2) is 0 Å². The number of likely N-dealkylation sites (tertiary alicyclic amines) is 1. The third kappa shape index (κ3) is 2.12. The summed E-state index contributed by atoms with van der Waals surface area (Å²) in [6.07, 6.45) is 0.323. The van der Waals surface area contributed by atoms with Crippen molar-refractivity contribution in [1.82, 2.24) is 10.1 Å². The Hall–Kier alpha value is -1.41. The average molecular weight is 384 g/mol. The van der Waals surface area contributed by atoms with Crippen LogP contribution in [0.1, 0.15) is 12.2 Å². The van der Waals surface area contributed by atoms with E-state index in [-0.39, 0.29) is 11.7 Å². The van der Waals surface area contributed by atoms with Crippen molar-refractivity contribution in [2.45, 2.75) is 12.0 Å². The zero-order valence-corrected chi connectivity index (χ0v) is 13.0. The molecule has 20 heavy (non-hydrogen) atoms. The summed E-state index contributed by atoms with van der Waals surface area (Å²) in [5.41, 5.74) is -0.0642. The van der Waals surface area contributed by atoms with Crippen molar-refractivity contribution in [2.75, 3.05) is 13.6 Å². The molecule has 2 aromatic rings. The zero-order valence-electron chi connectivity index (χ0n) is 10.8. The standard InChI is InChI=1S/C14H13IN2O3/c1-17-6-5-14(19,13(17)18)12-8-11(16-20-12)9-3-2-4-10(15)7-9/h2-4,7-8,19H,5-6H2,1H3/t14-/m1/s1. The van der Waals surface area contributed by atoms with Crippen LogP contribution in [0.4, 0.5) is 0 Å². The van der Waals surface area contributed by atoms with Gasteiger partial charge in [-0.15, -0.1) is 0 Å². The molecule has 0 bridgehead atoms. The molecule has 1 fully saturated rings. The van der Waals surface area contributed by atoms with Crippen molar-refractivity contribution < 1.29 is 14.4 Å². The van der Waals surface area contributed by atoms with E-state index in [0.717, 1.165) is 9.13 Å². The van der Waals surface area contributed by atoms with Crippen molar-refractivity contribution in [1.29, 1.82) is 0 Å². The molecular formula is C14H13IN2O3. The summed E-state index contributed by atoms with van der Waals surface area (Å²) in [6, 6.07) is 9.43. The highest BCUT2D eigenvalue weighted by molar-refractivity contribution is 14.1. The Balaban J connectivity index is 1.97. The second kappa shape index (κ2) is 4.85. The van der Waals surface area contributed by atoms with Gasteiger partial charge in [0.25, 0.3) is 5.91 Å². The number of nitrogens with zero attached hydrogens (tertiary/aromatic N) is 2. The number of rotatable bonds is 2. The third-order valence-electron chi connectivity index (χ3n) is 3.55. The molecule has 5 nitrogen and oxygen atoms in total. The van der Waals surface area contributed by atoms with Crippen LogP contribution in [0, 0.1) is 3.57 Å². The Kier molecular flexibility index (Phi) is 3.29. The maximum Gasteiger partial charge on any atom is 0.262 e. The predicted octanol–water partition coefficient (Wildman–Crippen LogP) is 2.00. The first-order valence-electron chi connectivity index (χ1n) is 6.22. The van der Waals surface area contributed by atoms with E-state index in [1.807, 2.05) is 24.3 Å². The number of hydrogen-bond donors (Lipinski definition) is 1. The molecule has 1 N–H and O–H groups in total. The van der Waals surface area contributed by atoms with Crippen molar-refractivity contribution >= 4 is 28.5 Å². The number of hydrogen-bond acceptors (Lipinski definition) is 4. The molecule has 1 amide bonds. The van der Waals surface area contributed by atoms with E-state index in [2.05, 4.69) is 27.7 Å². The van der Waals surface area contributed by atoms with Gasteiger partial charge in [-0.2, -0.15) is 0 Å². The summed E-state index contributed by atoms with van der Waals surface area (Å²) in [5.74, 6) is -0.136. The minimum absolute atomic E-state index is 0.209. The van der Waals surface area contributed by atoms with E-state index in [4.69, 9.17) is 4.52 Å². The van der Waals surface area contributed by atoms with Gasteiger partial charge >= 0.3 is 0 Å². The molecule has 0 radical (unpaired) electrons. The van der Waals surface area contributed by atoms with Crippen LogP contribution in [-0.4, -0.2) is 34.7 Å². The van der Waals surface area contributed by atoms with E-state index < -0.39 is 5.60 Å². The van der Waals surface area contributed by atoms with Gasteiger partial charge in [-0.1, -0.05) is 17.3 Å². The van der Waals surface area contributed by atoms with Gasteiger partial charge in [0.2, 0.25) is 5.60 Å². The number of aliphatic hydroxyl groups is 1. The fourth-order valence-corrected chi connectivity index (χ4v) is 2.88. The van der Waals surface area contributed by atoms with Crippen molar-refractivity contribution in [3.05, 3.63) is 39.7 Å². The van der Waals surface area contributed by atoms with Crippen LogP contribution in [0.2, 0.25) is 0 Å². The number of likely N-dealkylation sites (N-methyl/N-ethyl adjacent to an activating group) is 1. The Morgan fingerprint density at radius 1 is 1.45 bits per heavy atom. The maximum atomic E-state index is 12.0. The lowest BCUT2D eigenvalue weighted by molar-refractivity contribution is -0.144. The molecule has 1 aliphatic rings. The summed E-state index contributed by atoms with van der Waals surface area (Å²) in [6.45, 7) is 0.509. The topological polar surface area (TPSA) is 66.6 Å². The monoisotopic (exact) mass is 384 g/mol. The van der Waals surface area contributed by atoms with E-state index in [1.54, 1.807) is 13.1 Å². The fraction of sp³-hybridized carbons (Fsp3) is 0.286. The van der Waals surface area contributed by atoms with Crippen LogP contribution in [0.15, 0.2) is 34.9 Å². The fourth-order valence-electron chi connectivity index (χ4n) is 2.34. The Morgan fingerprint density at radius 2 is 2.25 bits per heavy atom. The van der Waals surface area contributed by atoms with Gasteiger partial charge in [-0.05, 0) is 34.7 Å². The highest BCUT2D eigenvalue weighted by Crippen LogP contribution is 2.34. The number of carbonyl (C=O) groups is 1. The van der Waals surface area contributed by atoms with E-state index in [9.17, 15) is 9.90 Å². The molecule has 0 saturated carbocycles. The number of halogens is 1. The highest BCUT2D eigenvalue weighted by Gasteiger charge is 2.48. The van der Waals surface area contributed by atoms with Gasteiger partial charge in [0.15, 0.2) is 5.76 Å². The van der Waals surface area contributed by atoms with Crippen LogP contribution in [0.3, 0.4) is 0 Å². The van der Waals surface area contributed by atoms with Crippen LogP contribution in [0.25, 0.3) is 11.3 Å². The summed E-state index contributed by atoms with van der Waals surface area (Å²) in [4.78, 5) is 13.5. The van der Waals surface area contributed by atoms with Gasteiger partial charge in [0.05, 0.1) is 0 Å². The number of carbonyl (C=O) groups excluding carboxylic acids is 1. The van der Waals surface area contributed by atoms with Crippen molar-refractivity contribution in [3.63, 3.8) is 0 Å². The molecular weight excluding hydrogens is 371 g/mol. The smallest absolute Gasteiger partial charge is 0.262 e. The van der Waals surface area contributed by atoms with Gasteiger partial charge < -0.3 is 14.5 Å². The number of amides is 1. The molecule has 0 unspecified atom stereocenters. The third-order valence-corrected chi connectivity index (χ3v) is 4.22. The molecule has 1 aromatic carbocycles. The van der Waals surface area contributed by atoms with Crippen LogP contribution < -0.4 is 0 Å². The number of benzene rings is 1. The largest absolute Gasteiger partial charge is 0.373 e. The molecule has 6 heteroatoms. The summed E-state index contributed by atoms with van der Waals surface area (Å²) in [7, 11) is 1.66. The molecule has 0 aliphatic carbocycles. The summed E-state index contributed by atoms with van der Waals surface area (Å²) >= 11 is 2.22. The summed E-state index contributed by atoms with van der Waals surface area (Å²) in [5, 5.41) is 14.5. The molecule has 2 heterocycles. The molecule has 1 aromatic heterocycles. The van der Waals surface area contributed by atoms with Crippen LogP contribution in [0.5, 0.6) is 0 Å². The first-order valence-corrected chi connectivity index (χ1v) is 7.30. The average Bonchev–Trinajstić information content (AvgIpc) is 3.02. The van der Waals surface area contributed by atoms with Gasteiger partial charge in [-0.3, -0.25) is 4.79 Å². The lowest BCUT2D eigenvalue weighted by Gasteiger charge is -2.16. The summed E-state index contributed by atoms with van der Waals surface area (Å²) < 4.78 is 6.30. The van der Waals surface area contributed by atoms with Crippen LogP contribution >= 0.6 is 22.6 Å². The van der Waals surface area contributed by atoms with Crippen molar-refractivity contribution in [3.8, 4) is 11.3 Å². The van der Waals surface area contributed by atoms with E-state index in [0.29, 0.717) is 18.7 Å². The van der Waals surface area contributed by atoms with E-state index in [1.165, 1.54) is 4.90 Å². The Bertz CT molecular complexity index is 670. The van der Waals surface area contributed by atoms with Crippen LogP contribution in [-0.2, 0) is 10.4 Å². The normalized spacial score (nSPS) is 22.6. The minimum Gasteiger partial charge on any atom is -0.373 e. The molecule has 3 rings (SSSR count). The SMILES string of the molecule is CN1CC[C@@](O)(c2cc(-c3cccc(I)c3)no2)C1=O. The second-order valence-corrected chi connectivity index (χ2v) is 6.17. The Labute approximate surface area is 129 Å². The molecule has 1 atom stereocenters. The van der Waals surface area contributed by atoms with Gasteiger partial charge in [0.1, 0.15) is 5.69 Å². The molecule has 104 valence electrons. The zero-order chi connectivity index (χ0) is 14.3. The number of aromatic nitrogens is 1. The first kappa shape index (κ1) is 13.6. The highest BCUT2D eigenvalue weighted by atomic mass is 127. The van der Waals surface area contributed by atoms with E-state index >= 15 is 0 Å². The second-order valence-electron chi connectivity index (χ2n) is 4.92. The van der Waals surface area contributed by atoms with Gasteiger partial charge in [0, 0.05) is 35.2 Å². The predicted molar refractivity (Wildman–Crippen MR) is 80.8 cm³/mol. The maximum absolute atomic E-state index is 12.0.